The molecule has 0 bridgehead atoms. The third kappa shape index (κ3) is 4.55. The monoisotopic (exact) mass is 440 g/mol. The number of halogens is 5. The number of benzene rings is 3. The highest BCUT2D eigenvalue weighted by atomic mass is 19.2. The molecule has 0 aliphatic heterocycles. The topological polar surface area (TPSA) is 0 Å². The fourth-order valence-electron chi connectivity index (χ4n) is 4.31. The highest BCUT2D eigenvalue weighted by Crippen LogP contribution is 2.36. The van der Waals surface area contributed by atoms with Crippen molar-refractivity contribution in [1.29, 1.82) is 0 Å². The predicted octanol–water partition coefficient (Wildman–Crippen LogP) is 7.01. The molecule has 1 unspecified atom stereocenters. The van der Waals surface area contributed by atoms with Gasteiger partial charge in [-0.05, 0) is 84.7 Å². The Balaban J connectivity index is 1.55. The molecule has 0 heterocycles. The molecule has 1 atom stereocenters. The van der Waals surface area contributed by atoms with E-state index in [4.69, 9.17) is 0 Å². The zero-order valence-electron chi connectivity index (χ0n) is 17.5. The summed E-state index contributed by atoms with van der Waals surface area (Å²) in [6.45, 7) is 1.97. The molecular formula is C27H21F5. The second kappa shape index (κ2) is 9.16. The van der Waals surface area contributed by atoms with Crippen molar-refractivity contribution >= 4 is 0 Å². The van der Waals surface area contributed by atoms with Crippen molar-refractivity contribution in [3.63, 3.8) is 0 Å². The summed E-state index contributed by atoms with van der Waals surface area (Å²) >= 11 is 0. The minimum Gasteiger partial charge on any atom is -0.207 e. The summed E-state index contributed by atoms with van der Waals surface area (Å²) in [6, 6.07) is 10.1. The first-order valence-electron chi connectivity index (χ1n) is 10.6. The van der Waals surface area contributed by atoms with Gasteiger partial charge in [-0.2, -0.15) is 0 Å². The maximum Gasteiger partial charge on any atom is 0.194 e. The molecule has 32 heavy (non-hydrogen) atoms. The fourth-order valence-corrected chi connectivity index (χ4v) is 4.31. The van der Waals surface area contributed by atoms with Crippen LogP contribution in [0.5, 0.6) is 0 Å². The van der Waals surface area contributed by atoms with E-state index in [0.29, 0.717) is 36.8 Å². The molecule has 0 amide bonds. The van der Waals surface area contributed by atoms with Crippen LogP contribution in [-0.2, 0) is 19.3 Å². The molecule has 0 aromatic heterocycles. The molecule has 0 fully saturated rings. The van der Waals surface area contributed by atoms with Crippen LogP contribution in [0.3, 0.4) is 0 Å². The van der Waals surface area contributed by atoms with Crippen molar-refractivity contribution < 1.29 is 22.0 Å². The average molecular weight is 440 g/mol. The van der Waals surface area contributed by atoms with Crippen molar-refractivity contribution in [2.24, 2.45) is 0 Å². The zero-order chi connectivity index (χ0) is 22.8. The molecule has 164 valence electrons. The highest BCUT2D eigenvalue weighted by Gasteiger charge is 2.26. The lowest BCUT2D eigenvalue weighted by molar-refractivity contribution is 0.446. The Kier molecular flexibility index (Phi) is 6.32. The van der Waals surface area contributed by atoms with Gasteiger partial charge in [0, 0.05) is 16.7 Å². The highest BCUT2D eigenvalue weighted by molar-refractivity contribution is 5.47. The van der Waals surface area contributed by atoms with E-state index in [2.05, 4.69) is 11.8 Å². The van der Waals surface area contributed by atoms with Crippen LogP contribution in [-0.4, -0.2) is 0 Å². The van der Waals surface area contributed by atoms with Gasteiger partial charge in [-0.25, -0.2) is 22.0 Å². The summed E-state index contributed by atoms with van der Waals surface area (Å²) < 4.78 is 69.1. The third-order valence-electron chi connectivity index (χ3n) is 5.86. The number of fused-ring (bicyclic) bond motifs is 1. The Bertz CT molecular complexity index is 1190. The van der Waals surface area contributed by atoms with Crippen LogP contribution in [0.1, 0.15) is 59.1 Å². The molecule has 5 heteroatoms. The minimum atomic E-state index is -1.52. The van der Waals surface area contributed by atoms with E-state index in [1.165, 1.54) is 12.1 Å². The van der Waals surface area contributed by atoms with Crippen molar-refractivity contribution in [3.05, 3.63) is 105 Å². The van der Waals surface area contributed by atoms with Crippen LogP contribution >= 0.6 is 0 Å². The lowest BCUT2D eigenvalue weighted by atomic mass is 9.79. The normalized spacial score (nSPS) is 15.1. The molecule has 0 N–H and O–H groups in total. The maximum absolute atomic E-state index is 14.7. The number of rotatable bonds is 3. The van der Waals surface area contributed by atoms with E-state index >= 15 is 0 Å². The van der Waals surface area contributed by atoms with E-state index in [-0.39, 0.29) is 17.0 Å². The van der Waals surface area contributed by atoms with Crippen LogP contribution in [0.25, 0.3) is 0 Å². The number of hydrogen-bond acceptors (Lipinski definition) is 0. The van der Waals surface area contributed by atoms with E-state index < -0.39 is 29.1 Å². The first kappa shape index (κ1) is 22.1. The molecule has 0 saturated heterocycles. The lowest BCUT2D eigenvalue weighted by Crippen LogP contribution is -2.16. The van der Waals surface area contributed by atoms with Gasteiger partial charge in [0.15, 0.2) is 17.5 Å². The molecule has 3 aromatic carbocycles. The van der Waals surface area contributed by atoms with Crippen LogP contribution in [0.4, 0.5) is 22.0 Å². The SMILES string of the molecule is CCCc1cc(F)c(C2CCc3cc(C#Cc4cc(F)c(F)c(F)c4)ccc3C2)c(F)c1. The van der Waals surface area contributed by atoms with Gasteiger partial charge in [0.25, 0.3) is 0 Å². The van der Waals surface area contributed by atoms with Gasteiger partial charge in [-0.3, -0.25) is 0 Å². The molecule has 1 aliphatic rings. The average Bonchev–Trinajstić information content (AvgIpc) is 2.75. The van der Waals surface area contributed by atoms with Crippen molar-refractivity contribution in [2.75, 3.05) is 0 Å². The summed E-state index contributed by atoms with van der Waals surface area (Å²) in [6.07, 6.45) is 3.25. The Labute approximate surface area is 184 Å². The number of hydrogen-bond donors (Lipinski definition) is 0. The molecule has 0 nitrogen and oxygen atoms in total. The fraction of sp³-hybridized carbons (Fsp3) is 0.259. The summed E-state index contributed by atoms with van der Waals surface area (Å²) in [7, 11) is 0. The Morgan fingerprint density at radius 2 is 1.44 bits per heavy atom. The van der Waals surface area contributed by atoms with E-state index in [1.807, 2.05) is 19.1 Å². The quantitative estimate of drug-likeness (QED) is 0.234. The van der Waals surface area contributed by atoms with Gasteiger partial charge in [0.2, 0.25) is 0 Å². The van der Waals surface area contributed by atoms with E-state index in [0.717, 1.165) is 29.7 Å². The second-order valence-corrected chi connectivity index (χ2v) is 8.15. The molecule has 0 saturated carbocycles. The van der Waals surface area contributed by atoms with Gasteiger partial charge in [-0.1, -0.05) is 31.3 Å². The summed E-state index contributed by atoms with van der Waals surface area (Å²) in [5.41, 5.74) is 3.55. The predicted molar refractivity (Wildman–Crippen MR) is 114 cm³/mol. The smallest absolute Gasteiger partial charge is 0.194 e. The van der Waals surface area contributed by atoms with Crippen LogP contribution in [0.15, 0.2) is 42.5 Å². The lowest BCUT2D eigenvalue weighted by Gasteiger charge is -2.26. The minimum absolute atomic E-state index is 0.0386. The zero-order valence-corrected chi connectivity index (χ0v) is 17.5. The van der Waals surface area contributed by atoms with Crippen LogP contribution in [0, 0.1) is 40.9 Å². The summed E-state index contributed by atoms with van der Waals surface area (Å²) in [4.78, 5) is 0. The van der Waals surface area contributed by atoms with Crippen LogP contribution < -0.4 is 0 Å². The molecule has 0 spiro atoms. The van der Waals surface area contributed by atoms with Crippen molar-refractivity contribution in [2.45, 2.75) is 44.9 Å². The van der Waals surface area contributed by atoms with Gasteiger partial charge >= 0.3 is 0 Å². The Morgan fingerprint density at radius 1 is 0.781 bits per heavy atom. The van der Waals surface area contributed by atoms with Crippen molar-refractivity contribution in [3.8, 4) is 11.8 Å². The molecule has 1 aliphatic carbocycles. The third-order valence-corrected chi connectivity index (χ3v) is 5.86. The van der Waals surface area contributed by atoms with Gasteiger partial charge in [-0.15, -0.1) is 0 Å². The first-order valence-corrected chi connectivity index (χ1v) is 10.6. The second-order valence-electron chi connectivity index (χ2n) is 8.15. The van der Waals surface area contributed by atoms with Crippen molar-refractivity contribution in [1.82, 2.24) is 0 Å². The van der Waals surface area contributed by atoms with Crippen LogP contribution in [0.2, 0.25) is 0 Å². The van der Waals surface area contributed by atoms with E-state index in [1.54, 1.807) is 6.07 Å². The molecule has 4 rings (SSSR count). The summed E-state index contributed by atoms with van der Waals surface area (Å²) in [5.74, 6) is 0.192. The number of aryl methyl sites for hydroxylation is 2. The van der Waals surface area contributed by atoms with Gasteiger partial charge in [0.05, 0.1) is 0 Å². The summed E-state index contributed by atoms with van der Waals surface area (Å²) in [5, 5.41) is 0. The largest absolute Gasteiger partial charge is 0.207 e. The van der Waals surface area contributed by atoms with Gasteiger partial charge < -0.3 is 0 Å². The standard InChI is InChI=1S/C27H21F5/c1-2-3-17-11-22(28)26(23(29)12-17)21-9-8-19-10-16(6-7-20(19)15-21)4-5-18-13-24(30)27(32)25(31)14-18/h6-7,10-14,21H,2-3,8-9,15H2,1H3. The Hall–Kier alpha value is -3.13. The molecular weight excluding hydrogens is 419 g/mol. The van der Waals surface area contributed by atoms with Gasteiger partial charge in [0.1, 0.15) is 11.6 Å². The Morgan fingerprint density at radius 3 is 2.09 bits per heavy atom. The van der Waals surface area contributed by atoms with E-state index in [9.17, 15) is 22.0 Å². The molecule has 3 aromatic rings. The molecule has 0 radical (unpaired) electrons. The first-order chi connectivity index (χ1) is 15.4. The maximum atomic E-state index is 14.7.